The van der Waals surface area contributed by atoms with Gasteiger partial charge in [-0.3, -0.25) is 0 Å². The first kappa shape index (κ1) is 11.7. The van der Waals surface area contributed by atoms with E-state index in [-0.39, 0.29) is 0 Å². The summed E-state index contributed by atoms with van der Waals surface area (Å²) in [6.07, 6.45) is 1.70. The van der Waals surface area contributed by atoms with Gasteiger partial charge in [0.1, 0.15) is 18.1 Å². The summed E-state index contributed by atoms with van der Waals surface area (Å²) in [7, 11) is 0. The van der Waals surface area contributed by atoms with Gasteiger partial charge in [-0.1, -0.05) is 12.0 Å². The third-order valence-electron chi connectivity index (χ3n) is 2.18. The van der Waals surface area contributed by atoms with Gasteiger partial charge in [0.05, 0.1) is 11.6 Å². The lowest BCUT2D eigenvalue weighted by atomic mass is 10.2. The second kappa shape index (κ2) is 6.08. The highest BCUT2D eigenvalue weighted by molar-refractivity contribution is 5.35. The molecule has 18 heavy (non-hydrogen) atoms. The fraction of sp³-hybridized carbons (Fsp3) is 0.0667. The summed E-state index contributed by atoms with van der Waals surface area (Å²) in [6.45, 7) is 0.294. The molecule has 0 unspecified atom stereocenters. The Hall–Kier alpha value is -2.78. The van der Waals surface area contributed by atoms with Crippen LogP contribution in [0.4, 0.5) is 0 Å². The van der Waals surface area contributed by atoms with Gasteiger partial charge in [-0.25, -0.2) is 4.98 Å². The fourth-order valence-electron chi connectivity index (χ4n) is 1.31. The van der Waals surface area contributed by atoms with Crippen LogP contribution in [0.1, 0.15) is 11.3 Å². The van der Waals surface area contributed by atoms with Gasteiger partial charge in [-0.15, -0.1) is 0 Å². The zero-order valence-electron chi connectivity index (χ0n) is 9.63. The van der Waals surface area contributed by atoms with Crippen molar-refractivity contribution in [3.63, 3.8) is 0 Å². The monoisotopic (exact) mass is 234 g/mol. The van der Waals surface area contributed by atoms with E-state index in [0.717, 1.165) is 5.69 Å². The Kier molecular flexibility index (Phi) is 3.95. The molecule has 0 atom stereocenters. The van der Waals surface area contributed by atoms with Crippen LogP contribution in [0.15, 0.2) is 48.7 Å². The number of nitrogens with zero attached hydrogens (tertiary/aromatic N) is 2. The molecule has 0 aliphatic rings. The summed E-state index contributed by atoms with van der Waals surface area (Å²) in [5.41, 5.74) is 1.34. The molecule has 0 radical (unpaired) electrons. The maximum absolute atomic E-state index is 8.65. The van der Waals surface area contributed by atoms with Gasteiger partial charge in [0.25, 0.3) is 0 Å². The maximum Gasteiger partial charge on any atom is 0.149 e. The van der Waals surface area contributed by atoms with E-state index in [0.29, 0.717) is 17.9 Å². The molecule has 0 bridgehead atoms. The van der Waals surface area contributed by atoms with E-state index in [4.69, 9.17) is 10.00 Å². The number of benzene rings is 1. The van der Waals surface area contributed by atoms with Crippen molar-refractivity contribution in [3.05, 3.63) is 59.9 Å². The molecule has 3 nitrogen and oxygen atoms in total. The Morgan fingerprint density at radius 2 is 1.94 bits per heavy atom. The van der Waals surface area contributed by atoms with Crippen LogP contribution in [0.5, 0.6) is 5.75 Å². The van der Waals surface area contributed by atoms with Crippen LogP contribution in [0, 0.1) is 23.2 Å². The van der Waals surface area contributed by atoms with Crippen LogP contribution in [0.25, 0.3) is 0 Å². The lowest BCUT2D eigenvalue weighted by molar-refractivity contribution is 0.370. The van der Waals surface area contributed by atoms with Gasteiger partial charge in [0.15, 0.2) is 0 Å². The smallest absolute Gasteiger partial charge is 0.149 e. The molecule has 1 aromatic heterocycles. The molecule has 0 saturated carbocycles. The largest absolute Gasteiger partial charge is 0.481 e. The van der Waals surface area contributed by atoms with E-state index in [2.05, 4.69) is 22.9 Å². The molecule has 86 valence electrons. The summed E-state index contributed by atoms with van der Waals surface area (Å²) in [5.74, 6) is 6.48. The molecule has 0 aliphatic carbocycles. The van der Waals surface area contributed by atoms with Crippen LogP contribution in [-0.4, -0.2) is 11.6 Å². The minimum Gasteiger partial charge on any atom is -0.481 e. The van der Waals surface area contributed by atoms with E-state index < -0.39 is 0 Å². The van der Waals surface area contributed by atoms with Gasteiger partial charge >= 0.3 is 0 Å². The molecule has 2 rings (SSSR count). The van der Waals surface area contributed by atoms with Crippen molar-refractivity contribution in [1.82, 2.24) is 4.98 Å². The van der Waals surface area contributed by atoms with E-state index in [1.807, 2.05) is 18.2 Å². The summed E-state index contributed by atoms with van der Waals surface area (Å²) in [5, 5.41) is 8.65. The number of hydrogen-bond donors (Lipinski definition) is 0. The summed E-state index contributed by atoms with van der Waals surface area (Å²) in [6, 6.07) is 14.5. The minimum absolute atomic E-state index is 0.294. The van der Waals surface area contributed by atoms with Crippen LogP contribution < -0.4 is 4.74 Å². The van der Waals surface area contributed by atoms with Gasteiger partial charge in [0.2, 0.25) is 0 Å². The van der Waals surface area contributed by atoms with Crippen molar-refractivity contribution in [2.75, 3.05) is 6.61 Å². The third kappa shape index (κ3) is 3.37. The standard InChI is InChI=1S/C15H10N2O/c16-12-13-6-8-15(9-7-13)18-11-3-5-14-4-1-2-10-17-14/h1-2,4,6-10H,11H2. The normalized spacial score (nSPS) is 8.83. The Labute approximate surface area is 106 Å². The molecule has 0 N–H and O–H groups in total. The quantitative estimate of drug-likeness (QED) is 0.749. The van der Waals surface area contributed by atoms with E-state index in [1.165, 1.54) is 0 Å². The number of hydrogen-bond acceptors (Lipinski definition) is 3. The molecule has 1 heterocycles. The highest BCUT2D eigenvalue weighted by atomic mass is 16.5. The number of pyridine rings is 1. The Balaban J connectivity index is 1.89. The average molecular weight is 234 g/mol. The van der Waals surface area contributed by atoms with Crippen LogP contribution in [0.3, 0.4) is 0 Å². The minimum atomic E-state index is 0.294. The first-order valence-corrected chi connectivity index (χ1v) is 5.41. The fourth-order valence-corrected chi connectivity index (χ4v) is 1.31. The number of nitriles is 1. The first-order valence-electron chi connectivity index (χ1n) is 5.41. The predicted octanol–water partition coefficient (Wildman–Crippen LogP) is 2.38. The molecule has 0 amide bonds. The SMILES string of the molecule is N#Cc1ccc(OCC#Cc2ccccn2)cc1. The molecule has 2 aromatic rings. The molecule has 1 aromatic carbocycles. The van der Waals surface area contributed by atoms with E-state index in [1.54, 1.807) is 30.5 Å². The van der Waals surface area contributed by atoms with E-state index in [9.17, 15) is 0 Å². The second-order valence-electron chi connectivity index (χ2n) is 3.44. The predicted molar refractivity (Wildman–Crippen MR) is 67.8 cm³/mol. The van der Waals surface area contributed by atoms with Crippen molar-refractivity contribution in [1.29, 1.82) is 5.26 Å². The van der Waals surface area contributed by atoms with Crippen molar-refractivity contribution in [2.24, 2.45) is 0 Å². The summed E-state index contributed by atoms with van der Waals surface area (Å²) in [4.78, 5) is 4.08. The first-order chi connectivity index (χ1) is 8.88. The third-order valence-corrected chi connectivity index (χ3v) is 2.18. The second-order valence-corrected chi connectivity index (χ2v) is 3.44. The van der Waals surface area contributed by atoms with Gasteiger partial charge in [0, 0.05) is 6.20 Å². The van der Waals surface area contributed by atoms with Crippen LogP contribution in [0.2, 0.25) is 0 Å². The van der Waals surface area contributed by atoms with Crippen molar-refractivity contribution in [3.8, 4) is 23.7 Å². The molecule has 3 heteroatoms. The van der Waals surface area contributed by atoms with Crippen molar-refractivity contribution >= 4 is 0 Å². The van der Waals surface area contributed by atoms with Crippen molar-refractivity contribution < 1.29 is 4.74 Å². The zero-order valence-corrected chi connectivity index (χ0v) is 9.63. The average Bonchev–Trinajstić information content (AvgIpc) is 2.45. The van der Waals surface area contributed by atoms with Crippen LogP contribution >= 0.6 is 0 Å². The van der Waals surface area contributed by atoms with Gasteiger partial charge in [-0.05, 0) is 42.3 Å². The molecule has 0 fully saturated rings. The lowest BCUT2D eigenvalue weighted by Gasteiger charge is -2.00. The van der Waals surface area contributed by atoms with E-state index >= 15 is 0 Å². The number of aromatic nitrogens is 1. The summed E-state index contributed by atoms with van der Waals surface area (Å²) >= 11 is 0. The highest BCUT2D eigenvalue weighted by Gasteiger charge is 1.92. The Bertz CT molecular complexity index is 601. The van der Waals surface area contributed by atoms with Gasteiger partial charge < -0.3 is 4.74 Å². The molecular weight excluding hydrogens is 224 g/mol. The Morgan fingerprint density at radius 3 is 2.61 bits per heavy atom. The topological polar surface area (TPSA) is 45.9 Å². The maximum atomic E-state index is 8.65. The Morgan fingerprint density at radius 1 is 1.11 bits per heavy atom. The number of ether oxygens (including phenoxy) is 1. The lowest BCUT2D eigenvalue weighted by Crippen LogP contribution is -1.94. The molecular formula is C15H10N2O. The molecule has 0 saturated heterocycles. The molecule has 0 spiro atoms. The van der Waals surface area contributed by atoms with Crippen LogP contribution in [-0.2, 0) is 0 Å². The highest BCUT2D eigenvalue weighted by Crippen LogP contribution is 2.10. The number of rotatable bonds is 2. The van der Waals surface area contributed by atoms with Crippen molar-refractivity contribution in [2.45, 2.75) is 0 Å². The zero-order chi connectivity index (χ0) is 12.6. The molecule has 0 aliphatic heterocycles. The summed E-state index contributed by atoms with van der Waals surface area (Å²) < 4.78 is 5.42. The van der Waals surface area contributed by atoms with Gasteiger partial charge in [-0.2, -0.15) is 5.26 Å².